The van der Waals surface area contributed by atoms with Gasteiger partial charge in [0.05, 0.1) is 14.2 Å². The standard InChI is InChI=1S/C27H39N2O2/c1-8-14-24-25(9-2)28(22-17-18-26(30-6)21(4)19-22)20-29(5,27(24,10-3)31-7)23-15-12-11-13-16-23/h11-13,15-19H,8-10,14,20H2,1-7H3/q+1. The quantitative estimate of drug-likeness (QED) is 0.445. The molecular weight excluding hydrogens is 384 g/mol. The van der Waals surface area contributed by atoms with Crippen molar-refractivity contribution in [1.82, 2.24) is 4.48 Å². The van der Waals surface area contributed by atoms with E-state index in [1.54, 1.807) is 7.11 Å². The highest BCUT2D eigenvalue weighted by Gasteiger charge is 2.56. The van der Waals surface area contributed by atoms with E-state index in [-0.39, 0.29) is 5.72 Å². The molecule has 4 heteroatoms. The third-order valence-electron chi connectivity index (χ3n) is 7.04. The second-order valence-corrected chi connectivity index (χ2v) is 8.62. The van der Waals surface area contributed by atoms with Crippen LogP contribution in [0.2, 0.25) is 0 Å². The van der Waals surface area contributed by atoms with Crippen molar-refractivity contribution in [2.45, 2.75) is 59.1 Å². The lowest BCUT2D eigenvalue weighted by molar-refractivity contribution is -0.101. The Morgan fingerprint density at radius 2 is 1.74 bits per heavy atom. The number of allylic oxidation sites excluding steroid dienone is 1. The van der Waals surface area contributed by atoms with Gasteiger partial charge in [-0.3, -0.25) is 4.90 Å². The van der Waals surface area contributed by atoms with Crippen LogP contribution >= 0.6 is 0 Å². The number of anilines is 1. The first-order valence-electron chi connectivity index (χ1n) is 11.5. The van der Waals surface area contributed by atoms with Crippen molar-refractivity contribution in [2.24, 2.45) is 0 Å². The van der Waals surface area contributed by atoms with Gasteiger partial charge < -0.3 is 9.47 Å². The van der Waals surface area contributed by atoms with Crippen LogP contribution in [-0.2, 0) is 4.74 Å². The molecule has 0 bridgehead atoms. The third kappa shape index (κ3) is 3.77. The molecule has 0 saturated carbocycles. The van der Waals surface area contributed by atoms with Gasteiger partial charge in [-0.15, -0.1) is 0 Å². The predicted molar refractivity (Wildman–Crippen MR) is 131 cm³/mol. The molecule has 1 heterocycles. The number of methoxy groups -OCH3 is 2. The highest BCUT2D eigenvalue weighted by Crippen LogP contribution is 2.48. The first-order chi connectivity index (χ1) is 14.9. The number of aryl methyl sites for hydroxylation is 1. The van der Waals surface area contributed by atoms with Crippen LogP contribution in [0.25, 0.3) is 0 Å². The molecule has 4 nitrogen and oxygen atoms in total. The molecule has 2 aromatic carbocycles. The Morgan fingerprint density at radius 1 is 1.03 bits per heavy atom. The average molecular weight is 424 g/mol. The number of hydrogen-bond acceptors (Lipinski definition) is 3. The van der Waals surface area contributed by atoms with Crippen molar-refractivity contribution in [3.63, 3.8) is 0 Å². The van der Waals surface area contributed by atoms with E-state index in [1.807, 2.05) is 7.11 Å². The molecule has 0 N–H and O–H groups in total. The van der Waals surface area contributed by atoms with E-state index >= 15 is 0 Å². The Hall–Kier alpha value is -2.30. The zero-order valence-corrected chi connectivity index (χ0v) is 20.4. The number of nitrogens with zero attached hydrogens (tertiary/aromatic N) is 2. The van der Waals surface area contributed by atoms with Crippen molar-refractivity contribution < 1.29 is 9.47 Å². The molecule has 168 valence electrons. The smallest absolute Gasteiger partial charge is 0.233 e. The van der Waals surface area contributed by atoms with Gasteiger partial charge in [-0.2, -0.15) is 0 Å². The van der Waals surface area contributed by atoms with Gasteiger partial charge in [0.15, 0.2) is 6.67 Å². The van der Waals surface area contributed by atoms with Crippen molar-refractivity contribution in [2.75, 3.05) is 32.8 Å². The Morgan fingerprint density at radius 3 is 2.26 bits per heavy atom. The van der Waals surface area contributed by atoms with E-state index in [0.717, 1.165) is 43.7 Å². The SMILES string of the molecule is CCCC1=C(CC)N(c2ccc(OC)c(C)c2)C[N+](C)(c2ccccc2)C1(CC)OC. The zero-order chi connectivity index (χ0) is 22.6. The van der Waals surface area contributed by atoms with Gasteiger partial charge in [0, 0.05) is 30.5 Å². The van der Waals surface area contributed by atoms with Crippen molar-refractivity contribution in [3.05, 3.63) is 65.4 Å². The normalized spacial score (nSPS) is 23.9. The third-order valence-corrected chi connectivity index (χ3v) is 7.04. The zero-order valence-electron chi connectivity index (χ0n) is 20.4. The van der Waals surface area contributed by atoms with E-state index in [2.05, 4.69) is 88.2 Å². The van der Waals surface area contributed by atoms with Gasteiger partial charge >= 0.3 is 0 Å². The summed E-state index contributed by atoms with van der Waals surface area (Å²) in [6.45, 7) is 9.72. The summed E-state index contributed by atoms with van der Waals surface area (Å²) >= 11 is 0. The van der Waals surface area contributed by atoms with Crippen LogP contribution in [0.1, 0.15) is 52.0 Å². The molecule has 0 aromatic heterocycles. The van der Waals surface area contributed by atoms with E-state index in [1.165, 1.54) is 22.6 Å². The van der Waals surface area contributed by atoms with E-state index in [9.17, 15) is 0 Å². The van der Waals surface area contributed by atoms with Crippen LogP contribution in [0, 0.1) is 6.92 Å². The lowest BCUT2D eigenvalue weighted by Crippen LogP contribution is -2.71. The van der Waals surface area contributed by atoms with Gasteiger partial charge in [-0.1, -0.05) is 45.4 Å². The predicted octanol–water partition coefficient (Wildman–Crippen LogP) is 6.64. The molecule has 2 unspecified atom stereocenters. The summed E-state index contributed by atoms with van der Waals surface area (Å²) in [5.74, 6) is 0.927. The first-order valence-corrected chi connectivity index (χ1v) is 11.5. The van der Waals surface area contributed by atoms with Gasteiger partial charge in [-0.25, -0.2) is 4.48 Å². The monoisotopic (exact) mass is 423 g/mol. The lowest BCUT2D eigenvalue weighted by Gasteiger charge is -2.56. The molecular formula is C27H39N2O2+. The number of hydrogen-bond donors (Lipinski definition) is 0. The number of likely N-dealkylation sites (N-methyl/N-ethyl adjacent to an activating group) is 1. The first kappa shape index (κ1) is 23.4. The molecule has 0 fully saturated rings. The summed E-state index contributed by atoms with van der Waals surface area (Å²) in [5.41, 5.74) is 6.06. The molecule has 0 saturated heterocycles. The fourth-order valence-corrected chi connectivity index (χ4v) is 5.51. The minimum atomic E-state index is -0.388. The Balaban J connectivity index is 2.30. The number of ether oxygens (including phenoxy) is 2. The van der Waals surface area contributed by atoms with Crippen LogP contribution < -0.4 is 14.1 Å². The summed E-state index contributed by atoms with van der Waals surface area (Å²) in [7, 11) is 5.95. The molecule has 0 spiro atoms. The van der Waals surface area contributed by atoms with Crippen LogP contribution in [0.4, 0.5) is 11.4 Å². The largest absolute Gasteiger partial charge is 0.496 e. The molecule has 2 atom stereocenters. The number of quaternary nitrogens is 1. The topological polar surface area (TPSA) is 21.7 Å². The van der Waals surface area contributed by atoms with Crippen molar-refractivity contribution in [3.8, 4) is 5.75 Å². The molecule has 0 aliphatic carbocycles. The van der Waals surface area contributed by atoms with Crippen molar-refractivity contribution in [1.29, 1.82) is 0 Å². The number of para-hydroxylation sites is 1. The van der Waals surface area contributed by atoms with Crippen LogP contribution in [-0.4, -0.2) is 33.7 Å². The minimum absolute atomic E-state index is 0.388. The molecule has 0 radical (unpaired) electrons. The van der Waals surface area contributed by atoms with Crippen LogP contribution in [0.5, 0.6) is 5.75 Å². The molecule has 2 aromatic rings. The fraction of sp³-hybridized carbons (Fsp3) is 0.481. The highest BCUT2D eigenvalue weighted by molar-refractivity contribution is 5.62. The molecule has 0 amide bonds. The summed E-state index contributed by atoms with van der Waals surface area (Å²) in [4.78, 5) is 2.51. The number of benzene rings is 2. The van der Waals surface area contributed by atoms with Crippen molar-refractivity contribution >= 4 is 11.4 Å². The van der Waals surface area contributed by atoms with E-state index in [4.69, 9.17) is 9.47 Å². The van der Waals surface area contributed by atoms with Gasteiger partial charge in [0.25, 0.3) is 0 Å². The number of rotatable bonds is 8. The Labute approximate surface area is 188 Å². The van der Waals surface area contributed by atoms with Crippen LogP contribution in [0.15, 0.2) is 59.8 Å². The minimum Gasteiger partial charge on any atom is -0.496 e. The molecule has 3 rings (SSSR count). The van der Waals surface area contributed by atoms with E-state index < -0.39 is 0 Å². The average Bonchev–Trinajstić information content (AvgIpc) is 2.80. The van der Waals surface area contributed by atoms with Gasteiger partial charge in [0.1, 0.15) is 11.4 Å². The maximum absolute atomic E-state index is 6.51. The molecule has 1 aliphatic heterocycles. The summed E-state index contributed by atoms with van der Waals surface area (Å²) in [5, 5.41) is 0. The summed E-state index contributed by atoms with van der Waals surface area (Å²) in [6.07, 6.45) is 4.01. The van der Waals surface area contributed by atoms with E-state index in [0.29, 0.717) is 4.48 Å². The van der Waals surface area contributed by atoms with Crippen LogP contribution in [0.3, 0.4) is 0 Å². The maximum Gasteiger partial charge on any atom is 0.233 e. The van der Waals surface area contributed by atoms with Gasteiger partial charge in [-0.05, 0) is 55.7 Å². The Kier molecular flexibility index (Phi) is 7.13. The summed E-state index contributed by atoms with van der Waals surface area (Å²) < 4.78 is 12.7. The molecule has 1 aliphatic rings. The maximum atomic E-state index is 6.51. The lowest BCUT2D eigenvalue weighted by atomic mass is 9.86. The Bertz CT molecular complexity index is 918. The second kappa shape index (κ2) is 9.46. The van der Waals surface area contributed by atoms with Gasteiger partial charge in [0.2, 0.25) is 5.72 Å². The molecule has 31 heavy (non-hydrogen) atoms. The highest BCUT2D eigenvalue weighted by atomic mass is 16.5. The second-order valence-electron chi connectivity index (χ2n) is 8.62. The summed E-state index contributed by atoms with van der Waals surface area (Å²) in [6, 6.07) is 17.4. The fourth-order valence-electron chi connectivity index (χ4n) is 5.51.